The summed E-state index contributed by atoms with van der Waals surface area (Å²) in [5.74, 6) is 0.971. The summed E-state index contributed by atoms with van der Waals surface area (Å²) >= 11 is 0. The topological polar surface area (TPSA) is 104 Å². The highest BCUT2D eigenvalue weighted by atomic mass is 16.2. The van der Waals surface area contributed by atoms with Crippen LogP contribution in [0.4, 0.5) is 5.82 Å². The van der Waals surface area contributed by atoms with E-state index in [1.165, 1.54) is 0 Å². The molecule has 34 heavy (non-hydrogen) atoms. The summed E-state index contributed by atoms with van der Waals surface area (Å²) in [5, 5.41) is 0. The maximum Gasteiger partial charge on any atom is 0.253 e. The Bertz CT molecular complexity index is 1350. The highest BCUT2D eigenvalue weighted by molar-refractivity contribution is 5.94. The third-order valence-electron chi connectivity index (χ3n) is 6.57. The Morgan fingerprint density at radius 2 is 1.85 bits per heavy atom. The van der Waals surface area contributed by atoms with Crippen molar-refractivity contribution in [2.24, 2.45) is 0 Å². The smallest absolute Gasteiger partial charge is 0.253 e. The van der Waals surface area contributed by atoms with E-state index in [0.29, 0.717) is 34.6 Å². The van der Waals surface area contributed by atoms with Crippen molar-refractivity contribution in [1.82, 2.24) is 29.7 Å². The second-order valence-electron chi connectivity index (χ2n) is 9.16. The number of nitrogens with two attached hydrogens (primary N) is 1. The fraction of sp³-hybridized carbons (Fsp3) is 0.308. The van der Waals surface area contributed by atoms with E-state index in [-0.39, 0.29) is 8.76 Å². The number of benzene rings is 2. The number of likely N-dealkylation sites (tertiary alicyclic amines) is 1. The van der Waals surface area contributed by atoms with Crippen LogP contribution in [0.5, 0.6) is 0 Å². The first-order valence-electron chi connectivity index (χ1n) is 11.5. The van der Waals surface area contributed by atoms with Crippen LogP contribution in [0.15, 0.2) is 48.7 Å². The second-order valence-corrected chi connectivity index (χ2v) is 9.16. The molecular formula is C26H33N7O. The fourth-order valence-electron chi connectivity index (χ4n) is 4.50. The van der Waals surface area contributed by atoms with Crippen LogP contribution >= 0.6 is 0 Å². The predicted octanol–water partition coefficient (Wildman–Crippen LogP) is 4.24. The molecule has 0 spiro atoms. The van der Waals surface area contributed by atoms with Gasteiger partial charge in [-0.1, -0.05) is 18.2 Å². The van der Waals surface area contributed by atoms with Gasteiger partial charge in [-0.05, 0) is 63.7 Å². The average Bonchev–Trinajstić information content (AvgIpc) is 3.27. The van der Waals surface area contributed by atoms with Gasteiger partial charge in [0.25, 0.3) is 5.91 Å². The molecule has 8 heteroatoms. The third kappa shape index (κ3) is 4.24. The van der Waals surface area contributed by atoms with Crippen molar-refractivity contribution in [2.75, 3.05) is 32.9 Å². The molecule has 1 aliphatic heterocycles. The minimum Gasteiger partial charge on any atom is -0.382 e. The zero-order valence-corrected chi connectivity index (χ0v) is 19.7. The van der Waals surface area contributed by atoms with Crippen molar-refractivity contribution in [2.45, 2.75) is 25.8 Å². The van der Waals surface area contributed by atoms with Crippen LogP contribution in [0.3, 0.4) is 0 Å². The fourth-order valence-corrected chi connectivity index (χ4v) is 4.50. The Kier molecular flexibility index (Phi) is 5.75. The molecule has 2 aromatic carbocycles. The molecule has 8 nitrogen and oxygen atoms in total. The Labute approximate surface area is 201 Å². The number of nitrogens with zero attached hydrogens (tertiary/aromatic N) is 5. The molecule has 178 valence electrons. The van der Waals surface area contributed by atoms with Crippen LogP contribution in [0.25, 0.3) is 33.8 Å². The van der Waals surface area contributed by atoms with Crippen molar-refractivity contribution in [3.63, 3.8) is 0 Å². The largest absolute Gasteiger partial charge is 0.382 e. The highest BCUT2D eigenvalue weighted by Crippen LogP contribution is 2.27. The number of aryl methyl sites for hydroxylation is 1. The van der Waals surface area contributed by atoms with Crippen molar-refractivity contribution >= 4 is 22.8 Å². The first-order chi connectivity index (χ1) is 16.4. The third-order valence-corrected chi connectivity index (χ3v) is 6.57. The number of fused-ring (bicyclic) bond motifs is 1. The number of anilines is 1. The van der Waals surface area contributed by atoms with E-state index in [0.717, 1.165) is 48.1 Å². The van der Waals surface area contributed by atoms with Gasteiger partial charge in [0.1, 0.15) is 5.69 Å². The number of nitrogens with one attached hydrogen (secondary N) is 1. The zero-order valence-electron chi connectivity index (χ0n) is 19.7. The lowest BCUT2D eigenvalue weighted by molar-refractivity contribution is 0.0663. The Morgan fingerprint density at radius 1 is 1.12 bits per heavy atom. The number of amides is 1. The second kappa shape index (κ2) is 8.87. The number of H-pyrrole nitrogens is 1. The molecule has 0 aliphatic carbocycles. The molecule has 1 amide bonds. The van der Waals surface area contributed by atoms with Gasteiger partial charge in [-0.25, -0.2) is 15.0 Å². The lowest BCUT2D eigenvalue weighted by Crippen LogP contribution is -2.44. The van der Waals surface area contributed by atoms with Crippen LogP contribution in [-0.4, -0.2) is 68.9 Å². The summed E-state index contributed by atoms with van der Waals surface area (Å²) in [6.45, 7) is 3.61. The predicted molar refractivity (Wildman–Crippen MR) is 139 cm³/mol. The minimum atomic E-state index is 0. The molecule has 4 aromatic rings. The number of carbonyl (C=O) groups is 1. The number of carbonyl (C=O) groups excluding carboxylic acids is 1. The van der Waals surface area contributed by atoms with Gasteiger partial charge in [-0.2, -0.15) is 0 Å². The quantitative estimate of drug-likeness (QED) is 0.473. The van der Waals surface area contributed by atoms with E-state index in [1.54, 1.807) is 6.20 Å². The molecule has 1 aliphatic rings. The number of nitrogen functional groups attached to an aromatic ring is 1. The molecule has 0 unspecified atom stereocenters. The van der Waals surface area contributed by atoms with Crippen molar-refractivity contribution in [1.29, 1.82) is 0 Å². The van der Waals surface area contributed by atoms with E-state index in [4.69, 9.17) is 10.7 Å². The standard InChI is InChI=1S/C26H29N7O.2H2/c1-16-4-9-20-21(14-16)31-25(30-20)23-24(27)28-15-22(29-23)17-5-7-18(8-6-17)26(34)33-12-10-19(11-13-33)32(2)3;;/h4-9,14-15,19H,10-13H2,1-3H3,(H2,27,28)(H,30,31);2*1H. The van der Waals surface area contributed by atoms with Gasteiger partial charge in [0.05, 0.1) is 22.9 Å². The molecule has 3 N–H and O–H groups in total. The number of imidazole rings is 1. The number of piperidine rings is 1. The number of hydrogen-bond donors (Lipinski definition) is 2. The first kappa shape index (κ1) is 22.0. The number of aromatic amines is 1. The van der Waals surface area contributed by atoms with E-state index in [9.17, 15) is 4.79 Å². The van der Waals surface area contributed by atoms with Crippen molar-refractivity contribution in [3.8, 4) is 22.8 Å². The Morgan fingerprint density at radius 3 is 2.56 bits per heavy atom. The summed E-state index contributed by atoms with van der Waals surface area (Å²) in [7, 11) is 4.20. The molecule has 0 radical (unpaired) electrons. The van der Waals surface area contributed by atoms with Gasteiger partial charge in [0.15, 0.2) is 11.6 Å². The van der Waals surface area contributed by atoms with E-state index in [1.807, 2.05) is 54.3 Å². The first-order valence-corrected chi connectivity index (χ1v) is 11.5. The highest BCUT2D eigenvalue weighted by Gasteiger charge is 2.24. The maximum absolute atomic E-state index is 13.0. The minimum absolute atomic E-state index is 0. The molecule has 0 atom stereocenters. The monoisotopic (exact) mass is 459 g/mol. The summed E-state index contributed by atoms with van der Waals surface area (Å²) in [6.07, 6.45) is 3.65. The summed E-state index contributed by atoms with van der Waals surface area (Å²) in [6, 6.07) is 14.1. The van der Waals surface area contributed by atoms with Gasteiger partial charge in [0, 0.05) is 33.1 Å². The van der Waals surface area contributed by atoms with Crippen molar-refractivity contribution in [3.05, 3.63) is 59.8 Å². The molecule has 1 saturated heterocycles. The molecular weight excluding hydrogens is 426 g/mol. The lowest BCUT2D eigenvalue weighted by Gasteiger charge is -2.35. The van der Waals surface area contributed by atoms with Crippen LogP contribution in [-0.2, 0) is 0 Å². The van der Waals surface area contributed by atoms with Gasteiger partial charge in [0.2, 0.25) is 0 Å². The van der Waals surface area contributed by atoms with Gasteiger partial charge >= 0.3 is 0 Å². The van der Waals surface area contributed by atoms with Crippen LogP contribution in [0, 0.1) is 6.92 Å². The molecule has 3 heterocycles. The number of hydrogen-bond acceptors (Lipinski definition) is 6. The Hall–Kier alpha value is -3.78. The van der Waals surface area contributed by atoms with Crippen molar-refractivity contribution < 1.29 is 7.65 Å². The van der Waals surface area contributed by atoms with E-state index < -0.39 is 0 Å². The summed E-state index contributed by atoms with van der Waals surface area (Å²) in [4.78, 5) is 34.2. The average molecular weight is 460 g/mol. The maximum atomic E-state index is 13.0. The zero-order chi connectivity index (χ0) is 23.8. The summed E-state index contributed by atoms with van der Waals surface area (Å²) in [5.41, 5.74) is 11.8. The van der Waals surface area contributed by atoms with Gasteiger partial charge < -0.3 is 20.5 Å². The SMILES string of the molecule is Cc1ccc2nc(-c3nc(-c4ccc(C(=O)N5CCC(N(C)C)CC5)cc4)cnc3N)[nH]c2c1.[HH].[HH]. The number of aromatic nitrogens is 4. The van der Waals surface area contributed by atoms with Crippen LogP contribution in [0.2, 0.25) is 0 Å². The molecule has 5 rings (SSSR count). The van der Waals surface area contributed by atoms with Crippen LogP contribution in [0.1, 0.15) is 31.6 Å². The molecule has 0 saturated carbocycles. The van der Waals surface area contributed by atoms with Crippen LogP contribution < -0.4 is 5.73 Å². The molecule has 1 fully saturated rings. The number of rotatable bonds is 4. The molecule has 2 aromatic heterocycles. The Balaban J connectivity index is 0.00000180. The normalized spacial score (nSPS) is 14.8. The van der Waals surface area contributed by atoms with E-state index in [2.05, 4.69) is 33.9 Å². The lowest BCUT2D eigenvalue weighted by atomic mass is 10.0. The van der Waals surface area contributed by atoms with Gasteiger partial charge in [-0.3, -0.25) is 4.79 Å². The molecule has 0 bridgehead atoms. The van der Waals surface area contributed by atoms with E-state index >= 15 is 0 Å². The summed E-state index contributed by atoms with van der Waals surface area (Å²) < 4.78 is 0. The van der Waals surface area contributed by atoms with Gasteiger partial charge in [-0.15, -0.1) is 0 Å².